The molecular formula is C16H20N2. The van der Waals surface area contributed by atoms with Gasteiger partial charge in [0.1, 0.15) is 0 Å². The summed E-state index contributed by atoms with van der Waals surface area (Å²) in [5, 5.41) is 4.46. The zero-order valence-electron chi connectivity index (χ0n) is 11.4. The minimum atomic E-state index is 0.210. The molecule has 3 rings (SSSR count). The number of benzene rings is 1. The van der Waals surface area contributed by atoms with Crippen molar-refractivity contribution in [1.29, 1.82) is 0 Å². The third kappa shape index (κ3) is 2.07. The van der Waals surface area contributed by atoms with Crippen molar-refractivity contribution in [3.05, 3.63) is 47.8 Å². The van der Waals surface area contributed by atoms with E-state index in [0.29, 0.717) is 0 Å². The van der Waals surface area contributed by atoms with Gasteiger partial charge in [-0.3, -0.25) is 0 Å². The van der Waals surface area contributed by atoms with Gasteiger partial charge in [-0.25, -0.2) is 4.68 Å². The number of nitrogens with zero attached hydrogens (tertiary/aromatic N) is 2. The number of hydrogen-bond acceptors (Lipinski definition) is 1. The van der Waals surface area contributed by atoms with Crippen LogP contribution in [-0.2, 0) is 5.41 Å². The summed E-state index contributed by atoms with van der Waals surface area (Å²) in [7, 11) is 0. The van der Waals surface area contributed by atoms with Crippen molar-refractivity contribution in [2.75, 3.05) is 0 Å². The van der Waals surface area contributed by atoms with E-state index in [0.717, 1.165) is 5.92 Å². The first-order chi connectivity index (χ1) is 8.55. The quantitative estimate of drug-likeness (QED) is 0.774. The molecule has 0 radical (unpaired) electrons. The third-order valence-electron chi connectivity index (χ3n) is 3.65. The van der Waals surface area contributed by atoms with Crippen LogP contribution in [0.15, 0.2) is 36.5 Å². The van der Waals surface area contributed by atoms with Crippen molar-refractivity contribution in [3.63, 3.8) is 0 Å². The molecule has 0 spiro atoms. The Morgan fingerprint density at radius 3 is 2.28 bits per heavy atom. The standard InChI is InChI=1S/C16H20N2/c1-16(2,3)13-6-8-14(9-7-13)18-15(10-11-17-18)12-4-5-12/h6-12H,4-5H2,1-3H3. The Kier molecular flexibility index (Phi) is 2.54. The van der Waals surface area contributed by atoms with Crippen LogP contribution in [0.3, 0.4) is 0 Å². The summed E-state index contributed by atoms with van der Waals surface area (Å²) in [6.07, 6.45) is 4.53. The average molecular weight is 240 g/mol. The van der Waals surface area contributed by atoms with Crippen LogP contribution in [0.2, 0.25) is 0 Å². The fourth-order valence-electron chi connectivity index (χ4n) is 2.32. The zero-order chi connectivity index (χ0) is 12.8. The van der Waals surface area contributed by atoms with Crippen LogP contribution in [0.4, 0.5) is 0 Å². The Hall–Kier alpha value is -1.57. The molecule has 1 aromatic carbocycles. The highest BCUT2D eigenvalue weighted by Gasteiger charge is 2.27. The van der Waals surface area contributed by atoms with Gasteiger partial charge in [0, 0.05) is 17.8 Å². The molecule has 18 heavy (non-hydrogen) atoms. The first-order valence-electron chi connectivity index (χ1n) is 6.70. The maximum atomic E-state index is 4.46. The van der Waals surface area contributed by atoms with E-state index < -0.39 is 0 Å². The second-order valence-corrected chi connectivity index (χ2v) is 6.24. The molecule has 1 aliphatic carbocycles. The van der Waals surface area contributed by atoms with Crippen LogP contribution in [0.1, 0.15) is 50.8 Å². The maximum absolute atomic E-state index is 4.46. The van der Waals surface area contributed by atoms with Gasteiger partial charge in [0.2, 0.25) is 0 Å². The second kappa shape index (κ2) is 3.98. The normalized spacial score (nSPS) is 15.9. The summed E-state index contributed by atoms with van der Waals surface area (Å²) < 4.78 is 2.09. The minimum Gasteiger partial charge on any atom is -0.238 e. The van der Waals surface area contributed by atoms with Gasteiger partial charge in [0.25, 0.3) is 0 Å². The molecule has 1 aromatic heterocycles. The summed E-state index contributed by atoms with van der Waals surface area (Å²) in [4.78, 5) is 0. The van der Waals surface area contributed by atoms with E-state index in [1.165, 1.54) is 29.8 Å². The largest absolute Gasteiger partial charge is 0.238 e. The Morgan fingerprint density at radius 1 is 1.06 bits per heavy atom. The van der Waals surface area contributed by atoms with Crippen LogP contribution in [0.5, 0.6) is 0 Å². The maximum Gasteiger partial charge on any atom is 0.0649 e. The van der Waals surface area contributed by atoms with Crippen molar-refractivity contribution >= 4 is 0 Å². The topological polar surface area (TPSA) is 17.8 Å². The van der Waals surface area contributed by atoms with E-state index in [1.54, 1.807) is 0 Å². The lowest BCUT2D eigenvalue weighted by Crippen LogP contribution is -2.11. The van der Waals surface area contributed by atoms with E-state index in [4.69, 9.17) is 0 Å². The van der Waals surface area contributed by atoms with Gasteiger partial charge in [-0.2, -0.15) is 5.10 Å². The molecule has 1 saturated carbocycles. The third-order valence-corrected chi connectivity index (χ3v) is 3.65. The summed E-state index contributed by atoms with van der Waals surface area (Å²) in [5.74, 6) is 0.731. The molecule has 1 heterocycles. The molecule has 2 aromatic rings. The average Bonchev–Trinajstić information content (AvgIpc) is 3.06. The molecule has 0 saturated heterocycles. The van der Waals surface area contributed by atoms with Gasteiger partial charge < -0.3 is 0 Å². The second-order valence-electron chi connectivity index (χ2n) is 6.24. The van der Waals surface area contributed by atoms with Crippen molar-refractivity contribution < 1.29 is 0 Å². The predicted molar refractivity (Wildman–Crippen MR) is 74.2 cm³/mol. The lowest BCUT2D eigenvalue weighted by molar-refractivity contribution is 0.590. The van der Waals surface area contributed by atoms with Crippen molar-refractivity contribution in [3.8, 4) is 5.69 Å². The van der Waals surface area contributed by atoms with Gasteiger partial charge >= 0.3 is 0 Å². The first-order valence-corrected chi connectivity index (χ1v) is 6.70. The molecule has 2 nitrogen and oxygen atoms in total. The van der Waals surface area contributed by atoms with E-state index in [-0.39, 0.29) is 5.41 Å². The molecule has 0 aliphatic heterocycles. The highest BCUT2D eigenvalue weighted by atomic mass is 15.3. The SMILES string of the molecule is CC(C)(C)c1ccc(-n2nccc2C2CC2)cc1. The van der Waals surface area contributed by atoms with Gasteiger partial charge in [0.15, 0.2) is 0 Å². The molecule has 0 N–H and O–H groups in total. The van der Waals surface area contributed by atoms with E-state index in [9.17, 15) is 0 Å². The number of rotatable bonds is 2. The summed E-state index contributed by atoms with van der Waals surface area (Å²) in [6.45, 7) is 6.72. The molecular weight excluding hydrogens is 220 g/mol. The monoisotopic (exact) mass is 240 g/mol. The van der Waals surface area contributed by atoms with Crippen LogP contribution >= 0.6 is 0 Å². The van der Waals surface area contributed by atoms with Crippen LogP contribution in [0, 0.1) is 0 Å². The molecule has 1 aliphatic rings. The Bertz CT molecular complexity index is 539. The fraction of sp³-hybridized carbons (Fsp3) is 0.438. The molecule has 2 heteroatoms. The van der Waals surface area contributed by atoms with Gasteiger partial charge in [-0.15, -0.1) is 0 Å². The predicted octanol–water partition coefficient (Wildman–Crippen LogP) is 4.05. The summed E-state index contributed by atoms with van der Waals surface area (Å²) >= 11 is 0. The zero-order valence-corrected chi connectivity index (χ0v) is 11.4. The van der Waals surface area contributed by atoms with Crippen LogP contribution in [-0.4, -0.2) is 9.78 Å². The summed E-state index contributed by atoms with van der Waals surface area (Å²) in [5.41, 5.74) is 4.11. The van der Waals surface area contributed by atoms with E-state index >= 15 is 0 Å². The summed E-state index contributed by atoms with van der Waals surface area (Å²) in [6, 6.07) is 10.9. The highest BCUT2D eigenvalue weighted by molar-refractivity contribution is 5.38. The van der Waals surface area contributed by atoms with Crippen molar-refractivity contribution in [2.24, 2.45) is 0 Å². The molecule has 0 amide bonds. The molecule has 1 fully saturated rings. The Balaban J connectivity index is 1.95. The Morgan fingerprint density at radius 2 is 1.72 bits per heavy atom. The van der Waals surface area contributed by atoms with Crippen molar-refractivity contribution in [1.82, 2.24) is 9.78 Å². The van der Waals surface area contributed by atoms with E-state index in [1.807, 2.05) is 6.20 Å². The van der Waals surface area contributed by atoms with Gasteiger partial charge in [0.05, 0.1) is 5.69 Å². The smallest absolute Gasteiger partial charge is 0.0649 e. The van der Waals surface area contributed by atoms with Crippen LogP contribution < -0.4 is 0 Å². The Labute approximate surface area is 109 Å². The fourth-order valence-corrected chi connectivity index (χ4v) is 2.32. The van der Waals surface area contributed by atoms with E-state index in [2.05, 4.69) is 60.9 Å². The first kappa shape index (κ1) is 11.5. The van der Waals surface area contributed by atoms with Gasteiger partial charge in [-0.1, -0.05) is 32.9 Å². The molecule has 0 unspecified atom stereocenters. The van der Waals surface area contributed by atoms with Crippen molar-refractivity contribution in [2.45, 2.75) is 44.9 Å². The van der Waals surface area contributed by atoms with Gasteiger partial charge in [-0.05, 0) is 42.0 Å². The lowest BCUT2D eigenvalue weighted by atomic mass is 9.87. The highest BCUT2D eigenvalue weighted by Crippen LogP contribution is 2.40. The molecule has 94 valence electrons. The molecule has 0 atom stereocenters. The van der Waals surface area contributed by atoms with Crippen LogP contribution in [0.25, 0.3) is 5.69 Å². The minimum absolute atomic E-state index is 0.210. The lowest BCUT2D eigenvalue weighted by Gasteiger charge is -2.19. The number of hydrogen-bond donors (Lipinski definition) is 0. The molecule has 0 bridgehead atoms. The number of aromatic nitrogens is 2.